The lowest BCUT2D eigenvalue weighted by Gasteiger charge is -2.13. The fourth-order valence-corrected chi connectivity index (χ4v) is 3.54. The number of rotatable bonds is 6. The molecule has 0 spiro atoms. The maximum atomic E-state index is 12.7. The molecule has 0 aromatic heterocycles. The number of esters is 1. The van der Waals surface area contributed by atoms with Crippen molar-refractivity contribution in [3.63, 3.8) is 0 Å². The van der Waals surface area contributed by atoms with Crippen molar-refractivity contribution in [2.75, 3.05) is 4.72 Å². The van der Waals surface area contributed by atoms with Crippen LogP contribution in [-0.4, -0.2) is 26.4 Å². The number of aryl methyl sites for hydroxylation is 2. The van der Waals surface area contributed by atoms with Crippen LogP contribution < -0.4 is 10.5 Å². The molecule has 1 atom stereocenters. The predicted octanol–water partition coefficient (Wildman–Crippen LogP) is 2.13. The van der Waals surface area contributed by atoms with Gasteiger partial charge in [-0.2, -0.15) is 0 Å². The fraction of sp³-hybridized carbons (Fsp3) is 0.222. The van der Waals surface area contributed by atoms with Gasteiger partial charge in [-0.05, 0) is 56.2 Å². The van der Waals surface area contributed by atoms with Crippen LogP contribution in [0.5, 0.6) is 0 Å². The Bertz CT molecular complexity index is 954. The first-order valence-electron chi connectivity index (χ1n) is 7.80. The topological polar surface area (TPSA) is 116 Å². The molecule has 7 nitrogen and oxygen atoms in total. The summed E-state index contributed by atoms with van der Waals surface area (Å²) in [5.41, 5.74) is 6.85. The SMILES string of the molecule is Cc1cccc(NS(=O)(=O)c2cc(C(=O)O[C@@H](C)C(N)=O)ccc2C)c1. The second-order valence-electron chi connectivity index (χ2n) is 5.91. The van der Waals surface area contributed by atoms with E-state index in [0.29, 0.717) is 11.3 Å². The third kappa shape index (κ3) is 4.60. The minimum Gasteiger partial charge on any atom is -0.449 e. The van der Waals surface area contributed by atoms with Crippen LogP contribution in [0.25, 0.3) is 0 Å². The number of hydrogen-bond acceptors (Lipinski definition) is 5. The summed E-state index contributed by atoms with van der Waals surface area (Å²) in [6.45, 7) is 4.80. The number of primary amides is 1. The number of ether oxygens (including phenoxy) is 1. The standard InChI is InChI=1S/C18H20N2O5S/c1-11-5-4-6-15(9-11)20-26(23,24)16-10-14(8-7-12(16)2)18(22)25-13(3)17(19)21/h4-10,13,20H,1-3H3,(H2,19,21)/t13-/m0/s1. The van der Waals surface area contributed by atoms with Gasteiger partial charge < -0.3 is 10.5 Å². The van der Waals surface area contributed by atoms with Gasteiger partial charge in [-0.15, -0.1) is 0 Å². The normalized spacial score (nSPS) is 12.3. The molecule has 0 radical (unpaired) electrons. The van der Waals surface area contributed by atoms with E-state index in [1.165, 1.54) is 25.1 Å². The lowest BCUT2D eigenvalue weighted by atomic mass is 10.1. The average molecular weight is 376 g/mol. The van der Waals surface area contributed by atoms with E-state index < -0.39 is 28.0 Å². The van der Waals surface area contributed by atoms with Crippen LogP contribution in [0.3, 0.4) is 0 Å². The number of hydrogen-bond donors (Lipinski definition) is 2. The summed E-state index contributed by atoms with van der Waals surface area (Å²) in [6, 6.07) is 11.0. The summed E-state index contributed by atoms with van der Waals surface area (Å²) in [5.74, 6) is -1.62. The molecule has 2 aromatic carbocycles. The highest BCUT2D eigenvalue weighted by Gasteiger charge is 2.22. The molecular weight excluding hydrogens is 356 g/mol. The maximum Gasteiger partial charge on any atom is 0.338 e. The molecule has 0 aliphatic carbocycles. The number of carbonyl (C=O) groups is 2. The predicted molar refractivity (Wildman–Crippen MR) is 97.2 cm³/mol. The third-order valence-corrected chi connectivity index (χ3v) is 5.19. The largest absolute Gasteiger partial charge is 0.449 e. The van der Waals surface area contributed by atoms with E-state index in [0.717, 1.165) is 5.56 Å². The maximum absolute atomic E-state index is 12.7. The lowest BCUT2D eigenvalue weighted by Crippen LogP contribution is -2.30. The van der Waals surface area contributed by atoms with Crippen LogP contribution in [0.15, 0.2) is 47.4 Å². The highest BCUT2D eigenvalue weighted by atomic mass is 32.2. The Labute approximate surface area is 152 Å². The van der Waals surface area contributed by atoms with Gasteiger partial charge in [0.25, 0.3) is 15.9 Å². The van der Waals surface area contributed by atoms with Gasteiger partial charge in [0, 0.05) is 5.69 Å². The van der Waals surface area contributed by atoms with Gasteiger partial charge in [0.05, 0.1) is 10.5 Å². The first-order chi connectivity index (χ1) is 12.1. The number of benzene rings is 2. The van der Waals surface area contributed by atoms with Crippen molar-refractivity contribution in [2.45, 2.75) is 31.8 Å². The molecule has 0 fully saturated rings. The van der Waals surface area contributed by atoms with Gasteiger partial charge in [0.2, 0.25) is 0 Å². The number of carbonyl (C=O) groups excluding carboxylic acids is 2. The molecule has 2 rings (SSSR count). The number of sulfonamides is 1. The molecule has 2 aromatic rings. The lowest BCUT2D eigenvalue weighted by molar-refractivity contribution is -0.125. The Kier molecular flexibility index (Phi) is 5.66. The van der Waals surface area contributed by atoms with Crippen LogP contribution in [0, 0.1) is 13.8 Å². The van der Waals surface area contributed by atoms with Gasteiger partial charge in [-0.25, -0.2) is 13.2 Å². The van der Waals surface area contributed by atoms with Crippen molar-refractivity contribution in [2.24, 2.45) is 5.73 Å². The molecule has 0 saturated heterocycles. The van der Waals surface area contributed by atoms with Crippen molar-refractivity contribution >= 4 is 27.6 Å². The summed E-state index contributed by atoms with van der Waals surface area (Å²) in [5, 5.41) is 0. The number of anilines is 1. The molecule has 138 valence electrons. The van der Waals surface area contributed by atoms with Gasteiger partial charge in [0.15, 0.2) is 6.10 Å². The second-order valence-corrected chi connectivity index (χ2v) is 7.56. The Morgan fingerprint density at radius 1 is 1.12 bits per heavy atom. The molecule has 8 heteroatoms. The molecule has 0 aliphatic rings. The van der Waals surface area contributed by atoms with Crippen molar-refractivity contribution in [3.8, 4) is 0 Å². The zero-order chi connectivity index (χ0) is 19.5. The van der Waals surface area contributed by atoms with Gasteiger partial charge >= 0.3 is 5.97 Å². The quantitative estimate of drug-likeness (QED) is 0.749. The van der Waals surface area contributed by atoms with Crippen LogP contribution in [0.1, 0.15) is 28.4 Å². The van der Waals surface area contributed by atoms with E-state index in [2.05, 4.69) is 4.72 Å². The Hall–Kier alpha value is -2.87. The molecule has 26 heavy (non-hydrogen) atoms. The van der Waals surface area contributed by atoms with E-state index in [9.17, 15) is 18.0 Å². The Morgan fingerprint density at radius 2 is 1.81 bits per heavy atom. The highest BCUT2D eigenvalue weighted by Crippen LogP contribution is 2.22. The summed E-state index contributed by atoms with van der Waals surface area (Å²) in [4.78, 5) is 23.1. The second kappa shape index (κ2) is 7.57. The monoisotopic (exact) mass is 376 g/mol. The van der Waals surface area contributed by atoms with Gasteiger partial charge in [-0.1, -0.05) is 18.2 Å². The van der Waals surface area contributed by atoms with E-state index in [4.69, 9.17) is 10.5 Å². The summed E-state index contributed by atoms with van der Waals surface area (Å²) in [7, 11) is -3.91. The molecule has 0 bridgehead atoms. The molecule has 0 heterocycles. The summed E-state index contributed by atoms with van der Waals surface area (Å²) >= 11 is 0. The van der Waals surface area contributed by atoms with E-state index in [-0.39, 0.29) is 10.5 Å². The Morgan fingerprint density at radius 3 is 2.42 bits per heavy atom. The minimum atomic E-state index is -3.91. The summed E-state index contributed by atoms with van der Waals surface area (Å²) in [6.07, 6.45) is -1.12. The first-order valence-corrected chi connectivity index (χ1v) is 9.29. The molecular formula is C18H20N2O5S. The van der Waals surface area contributed by atoms with E-state index >= 15 is 0 Å². The van der Waals surface area contributed by atoms with Gasteiger partial charge in [-0.3, -0.25) is 9.52 Å². The average Bonchev–Trinajstić information content (AvgIpc) is 2.54. The van der Waals surface area contributed by atoms with Crippen molar-refractivity contribution < 1.29 is 22.7 Å². The third-order valence-electron chi connectivity index (χ3n) is 3.67. The fourth-order valence-electron chi connectivity index (χ4n) is 2.22. The number of nitrogens with two attached hydrogens (primary N) is 1. The minimum absolute atomic E-state index is 0.00770. The van der Waals surface area contributed by atoms with Crippen molar-refractivity contribution in [1.82, 2.24) is 0 Å². The number of amides is 1. The van der Waals surface area contributed by atoms with E-state index in [1.807, 2.05) is 13.0 Å². The van der Waals surface area contributed by atoms with Crippen LogP contribution in [0.2, 0.25) is 0 Å². The number of nitrogens with one attached hydrogen (secondary N) is 1. The van der Waals surface area contributed by atoms with Crippen LogP contribution in [0.4, 0.5) is 5.69 Å². The Balaban J connectivity index is 2.33. The molecule has 0 aliphatic heterocycles. The summed E-state index contributed by atoms with van der Waals surface area (Å²) < 4.78 is 32.8. The van der Waals surface area contributed by atoms with E-state index in [1.54, 1.807) is 25.1 Å². The molecule has 0 saturated carbocycles. The van der Waals surface area contributed by atoms with Gasteiger partial charge in [0.1, 0.15) is 0 Å². The van der Waals surface area contributed by atoms with Crippen LogP contribution in [-0.2, 0) is 19.6 Å². The molecule has 0 unspecified atom stereocenters. The zero-order valence-electron chi connectivity index (χ0n) is 14.6. The highest BCUT2D eigenvalue weighted by molar-refractivity contribution is 7.92. The molecule has 3 N–H and O–H groups in total. The first kappa shape index (κ1) is 19.5. The van der Waals surface area contributed by atoms with Crippen molar-refractivity contribution in [1.29, 1.82) is 0 Å². The van der Waals surface area contributed by atoms with Crippen molar-refractivity contribution in [3.05, 3.63) is 59.2 Å². The smallest absolute Gasteiger partial charge is 0.338 e. The zero-order valence-corrected chi connectivity index (χ0v) is 15.5. The molecule has 1 amide bonds. The van der Waals surface area contributed by atoms with Crippen LogP contribution >= 0.6 is 0 Å².